The molecule has 0 aliphatic rings. The zero-order chi connectivity index (χ0) is 24.4. The van der Waals surface area contributed by atoms with Gasteiger partial charge in [-0.15, -0.1) is 0 Å². The van der Waals surface area contributed by atoms with Crippen LogP contribution >= 0.6 is 0 Å². The lowest BCUT2D eigenvalue weighted by molar-refractivity contribution is 0.596. The third kappa shape index (κ3) is 4.66. The first-order chi connectivity index (χ1) is 16.9. The van der Waals surface area contributed by atoms with Crippen LogP contribution in [0.5, 0.6) is 0 Å². The Hall–Kier alpha value is -4.03. The van der Waals surface area contributed by atoms with E-state index in [1.165, 1.54) is 22.7 Å². The van der Waals surface area contributed by atoms with E-state index in [0.717, 1.165) is 16.7 Å². The highest BCUT2D eigenvalue weighted by atomic mass is 32.2. The minimum atomic E-state index is -3.77. The number of rotatable bonds is 6. The SMILES string of the molecule is CS(=O)(=O)N(Cc1ccccc1)c1c(-c2ccccc2)c(-c2ccccc2)nc2ccc(F)cc12. The van der Waals surface area contributed by atoms with E-state index in [-0.39, 0.29) is 6.54 Å². The molecular formula is C29H23FN2O2S. The number of anilines is 1. The maximum absolute atomic E-state index is 14.6. The molecule has 5 aromatic rings. The van der Waals surface area contributed by atoms with Gasteiger partial charge in [-0.25, -0.2) is 17.8 Å². The van der Waals surface area contributed by atoms with Crippen molar-refractivity contribution in [2.45, 2.75) is 6.54 Å². The lowest BCUT2D eigenvalue weighted by Crippen LogP contribution is -2.30. The van der Waals surface area contributed by atoms with Crippen molar-refractivity contribution in [3.8, 4) is 22.4 Å². The molecule has 6 heteroatoms. The fraction of sp³-hybridized carbons (Fsp3) is 0.0690. The Kier molecular flexibility index (Phi) is 6.05. The van der Waals surface area contributed by atoms with Gasteiger partial charge in [0.25, 0.3) is 0 Å². The third-order valence-electron chi connectivity index (χ3n) is 5.85. The van der Waals surface area contributed by atoms with Crippen LogP contribution in [0.4, 0.5) is 10.1 Å². The molecule has 0 aliphatic carbocycles. The van der Waals surface area contributed by atoms with Gasteiger partial charge in [0, 0.05) is 16.5 Å². The molecule has 0 radical (unpaired) electrons. The average molecular weight is 483 g/mol. The number of pyridine rings is 1. The summed E-state index contributed by atoms with van der Waals surface area (Å²) in [6, 6.07) is 32.8. The molecule has 4 nitrogen and oxygen atoms in total. The van der Waals surface area contributed by atoms with Gasteiger partial charge in [0.15, 0.2) is 0 Å². The van der Waals surface area contributed by atoms with Crippen LogP contribution < -0.4 is 4.31 Å². The number of aromatic nitrogens is 1. The van der Waals surface area contributed by atoms with Gasteiger partial charge in [-0.05, 0) is 29.3 Å². The lowest BCUT2D eigenvalue weighted by atomic mass is 9.94. The van der Waals surface area contributed by atoms with E-state index in [2.05, 4.69) is 0 Å². The van der Waals surface area contributed by atoms with Gasteiger partial charge in [-0.3, -0.25) is 4.31 Å². The molecule has 5 rings (SSSR count). The molecule has 1 aromatic heterocycles. The van der Waals surface area contributed by atoms with Crippen molar-refractivity contribution in [2.75, 3.05) is 10.6 Å². The topological polar surface area (TPSA) is 50.3 Å². The average Bonchev–Trinajstić information content (AvgIpc) is 2.87. The molecule has 0 amide bonds. The van der Waals surface area contributed by atoms with Gasteiger partial charge in [-0.2, -0.15) is 0 Å². The molecule has 0 atom stereocenters. The lowest BCUT2D eigenvalue weighted by Gasteiger charge is -2.28. The molecule has 0 N–H and O–H groups in total. The predicted octanol–water partition coefficient (Wildman–Crippen LogP) is 6.67. The van der Waals surface area contributed by atoms with Crippen molar-refractivity contribution in [2.24, 2.45) is 0 Å². The second-order valence-corrected chi connectivity index (χ2v) is 10.2. The summed E-state index contributed by atoms with van der Waals surface area (Å²) in [5, 5.41) is 0.435. The minimum Gasteiger partial charge on any atom is -0.265 e. The van der Waals surface area contributed by atoms with Crippen molar-refractivity contribution in [3.05, 3.63) is 121 Å². The molecule has 0 spiro atoms. The predicted molar refractivity (Wildman–Crippen MR) is 140 cm³/mol. The van der Waals surface area contributed by atoms with Gasteiger partial charge in [-0.1, -0.05) is 91.0 Å². The molecule has 0 aliphatic heterocycles. The van der Waals surface area contributed by atoms with Gasteiger partial charge < -0.3 is 0 Å². The molecule has 0 saturated heterocycles. The second kappa shape index (κ2) is 9.31. The van der Waals surface area contributed by atoms with Crippen molar-refractivity contribution >= 4 is 26.6 Å². The number of sulfonamides is 1. The number of benzene rings is 4. The second-order valence-electron chi connectivity index (χ2n) is 8.33. The summed E-state index contributed by atoms with van der Waals surface area (Å²) in [4.78, 5) is 4.91. The van der Waals surface area contributed by atoms with Crippen molar-refractivity contribution in [3.63, 3.8) is 0 Å². The van der Waals surface area contributed by atoms with Gasteiger partial charge in [0.05, 0.1) is 29.7 Å². The van der Waals surface area contributed by atoms with Crippen LogP contribution in [0, 0.1) is 5.82 Å². The summed E-state index contributed by atoms with van der Waals surface area (Å²) in [7, 11) is -3.77. The van der Waals surface area contributed by atoms with Crippen LogP contribution in [-0.4, -0.2) is 19.7 Å². The molecule has 4 aromatic carbocycles. The smallest absolute Gasteiger partial charge is 0.232 e. The van der Waals surface area contributed by atoms with Crippen LogP contribution in [0.1, 0.15) is 5.56 Å². The Balaban J connectivity index is 1.93. The van der Waals surface area contributed by atoms with Gasteiger partial charge in [0.2, 0.25) is 10.0 Å². The maximum atomic E-state index is 14.6. The molecule has 35 heavy (non-hydrogen) atoms. The van der Waals surface area contributed by atoms with E-state index < -0.39 is 15.8 Å². The first-order valence-corrected chi connectivity index (χ1v) is 13.0. The maximum Gasteiger partial charge on any atom is 0.232 e. The normalized spacial score (nSPS) is 11.5. The van der Waals surface area contributed by atoms with Crippen molar-refractivity contribution < 1.29 is 12.8 Å². The molecule has 174 valence electrons. The number of hydrogen-bond donors (Lipinski definition) is 0. The summed E-state index contributed by atoms with van der Waals surface area (Å²) in [6.45, 7) is 0.101. The van der Waals surface area contributed by atoms with Crippen LogP contribution in [0.25, 0.3) is 33.3 Å². The number of fused-ring (bicyclic) bond motifs is 1. The van der Waals surface area contributed by atoms with Gasteiger partial charge in [0.1, 0.15) is 5.82 Å². The Morgan fingerprint density at radius 2 is 1.34 bits per heavy atom. The third-order valence-corrected chi connectivity index (χ3v) is 6.96. The van der Waals surface area contributed by atoms with Crippen molar-refractivity contribution in [1.29, 1.82) is 0 Å². The number of hydrogen-bond acceptors (Lipinski definition) is 3. The molecular weight excluding hydrogens is 459 g/mol. The van der Waals surface area contributed by atoms with Crippen LogP contribution in [0.3, 0.4) is 0 Å². The standard InChI is InChI=1S/C29H23FN2O2S/c1-35(33,34)32(20-21-11-5-2-6-12-21)29-25-19-24(30)17-18-26(25)31-28(23-15-9-4-10-16-23)27(29)22-13-7-3-8-14-22/h2-19H,20H2,1H3. The van der Waals surface area contributed by atoms with Gasteiger partial charge >= 0.3 is 0 Å². The first kappa shape index (κ1) is 22.7. The zero-order valence-electron chi connectivity index (χ0n) is 19.1. The zero-order valence-corrected chi connectivity index (χ0v) is 19.9. The van der Waals surface area contributed by atoms with E-state index in [1.54, 1.807) is 6.07 Å². The van der Waals surface area contributed by atoms with Crippen LogP contribution in [-0.2, 0) is 16.6 Å². The van der Waals surface area contributed by atoms with E-state index in [9.17, 15) is 12.8 Å². The summed E-state index contributed by atoms with van der Waals surface area (Å²) in [5.74, 6) is -0.458. The Bertz CT molecular complexity index is 1590. The Labute approximate surface area is 204 Å². The molecule has 1 heterocycles. The molecule has 0 unspecified atom stereocenters. The molecule has 0 saturated carbocycles. The monoisotopic (exact) mass is 482 g/mol. The van der Waals surface area contributed by atoms with E-state index in [0.29, 0.717) is 27.8 Å². The summed E-state index contributed by atoms with van der Waals surface area (Å²) in [5.41, 5.74) is 4.64. The molecule has 0 fully saturated rings. The number of halogens is 1. The van der Waals surface area contributed by atoms with Crippen LogP contribution in [0.2, 0.25) is 0 Å². The first-order valence-electron chi connectivity index (χ1n) is 11.2. The Morgan fingerprint density at radius 1 is 0.771 bits per heavy atom. The quantitative estimate of drug-likeness (QED) is 0.271. The molecule has 0 bridgehead atoms. The van der Waals surface area contributed by atoms with E-state index >= 15 is 0 Å². The number of nitrogens with zero attached hydrogens (tertiary/aromatic N) is 2. The van der Waals surface area contributed by atoms with E-state index in [4.69, 9.17) is 4.98 Å². The highest BCUT2D eigenvalue weighted by molar-refractivity contribution is 7.92. The highest BCUT2D eigenvalue weighted by Gasteiger charge is 2.28. The fourth-order valence-electron chi connectivity index (χ4n) is 4.27. The van der Waals surface area contributed by atoms with E-state index in [1.807, 2.05) is 91.0 Å². The minimum absolute atomic E-state index is 0.101. The summed E-state index contributed by atoms with van der Waals surface area (Å²) >= 11 is 0. The summed E-state index contributed by atoms with van der Waals surface area (Å²) < 4.78 is 42.5. The highest BCUT2D eigenvalue weighted by Crippen LogP contribution is 2.44. The Morgan fingerprint density at radius 3 is 1.94 bits per heavy atom. The fourth-order valence-corrected chi connectivity index (χ4v) is 5.18. The largest absolute Gasteiger partial charge is 0.265 e. The summed E-state index contributed by atoms with van der Waals surface area (Å²) in [6.07, 6.45) is 1.18. The van der Waals surface area contributed by atoms with Crippen LogP contribution in [0.15, 0.2) is 109 Å². The van der Waals surface area contributed by atoms with Crippen molar-refractivity contribution in [1.82, 2.24) is 4.98 Å².